The Hall–Kier alpha value is -0.120. The first-order chi connectivity index (χ1) is 6.25. The van der Waals surface area contributed by atoms with E-state index in [1.165, 1.54) is 0 Å². The fourth-order valence-corrected chi connectivity index (χ4v) is 2.20. The second-order valence-corrected chi connectivity index (χ2v) is 5.47. The molecule has 2 unspecified atom stereocenters. The van der Waals surface area contributed by atoms with E-state index in [2.05, 4.69) is 20.8 Å². The lowest BCUT2D eigenvalue weighted by Crippen LogP contribution is -2.55. The van der Waals surface area contributed by atoms with Crippen LogP contribution in [0.15, 0.2) is 0 Å². The highest BCUT2D eigenvalue weighted by atomic mass is 16.5. The third-order valence-corrected chi connectivity index (χ3v) is 3.06. The van der Waals surface area contributed by atoms with E-state index in [1.807, 2.05) is 6.92 Å². The van der Waals surface area contributed by atoms with Crippen LogP contribution in [0.5, 0.6) is 0 Å². The van der Waals surface area contributed by atoms with Crippen molar-refractivity contribution in [3.8, 4) is 0 Å². The summed E-state index contributed by atoms with van der Waals surface area (Å²) in [6.07, 6.45) is -1.73. The lowest BCUT2D eigenvalue weighted by molar-refractivity contribution is -0.214. The van der Waals surface area contributed by atoms with Gasteiger partial charge < -0.3 is 14.9 Å². The molecule has 0 spiro atoms. The van der Waals surface area contributed by atoms with E-state index in [0.29, 0.717) is 0 Å². The molecule has 1 heterocycles. The summed E-state index contributed by atoms with van der Waals surface area (Å²) in [6.45, 7) is 10.00. The Morgan fingerprint density at radius 1 is 1.00 bits per heavy atom. The van der Waals surface area contributed by atoms with Gasteiger partial charge in [0.25, 0.3) is 0 Å². The Morgan fingerprint density at radius 3 is 1.93 bits per heavy atom. The Bertz CT molecular complexity index is 197. The van der Waals surface area contributed by atoms with Gasteiger partial charge in [0.15, 0.2) is 0 Å². The van der Waals surface area contributed by atoms with Gasteiger partial charge in [0.1, 0.15) is 6.10 Å². The summed E-state index contributed by atoms with van der Waals surface area (Å²) in [4.78, 5) is 0. The van der Waals surface area contributed by atoms with Crippen LogP contribution < -0.4 is 0 Å². The second-order valence-electron chi connectivity index (χ2n) is 5.47. The zero-order valence-electron chi connectivity index (χ0n) is 9.69. The molecule has 3 nitrogen and oxygen atoms in total. The maximum atomic E-state index is 9.82. The summed E-state index contributed by atoms with van der Waals surface area (Å²) in [7, 11) is 0. The average Bonchev–Trinajstić information content (AvgIpc) is 2.06. The molecule has 0 aromatic heterocycles. The Morgan fingerprint density at radius 2 is 1.50 bits per heavy atom. The number of hydrogen-bond donors (Lipinski definition) is 2. The van der Waals surface area contributed by atoms with Crippen LogP contribution in [0.4, 0.5) is 0 Å². The Labute approximate surface area is 86.1 Å². The van der Waals surface area contributed by atoms with E-state index in [1.54, 1.807) is 6.92 Å². The molecule has 84 valence electrons. The van der Waals surface area contributed by atoms with Crippen molar-refractivity contribution in [2.75, 3.05) is 0 Å². The van der Waals surface area contributed by atoms with Crippen molar-refractivity contribution in [2.45, 2.75) is 59.0 Å². The minimum Gasteiger partial charge on any atom is -0.390 e. The summed E-state index contributed by atoms with van der Waals surface area (Å²) in [5, 5.41) is 19.4. The zero-order chi connectivity index (χ0) is 11.1. The second kappa shape index (κ2) is 3.80. The highest BCUT2D eigenvalue weighted by molar-refractivity contribution is 4.92. The molecule has 14 heavy (non-hydrogen) atoms. The number of ether oxygens (including phenoxy) is 1. The van der Waals surface area contributed by atoms with Crippen molar-refractivity contribution in [3.05, 3.63) is 0 Å². The van der Waals surface area contributed by atoms with Gasteiger partial charge in [-0.3, -0.25) is 0 Å². The predicted molar refractivity (Wildman–Crippen MR) is 55.0 cm³/mol. The average molecular weight is 202 g/mol. The standard InChI is InChI=1S/C11H22O3/c1-6-8(12)9(13)7(2)14-10(6)11(3,4)5/h6-10,12-13H,1-5H3/t6-,7?,8?,9+,10+/m0/s1. The predicted octanol–water partition coefficient (Wildman–Crippen LogP) is 1.18. The maximum Gasteiger partial charge on any atom is 0.106 e. The molecule has 2 N–H and O–H groups in total. The lowest BCUT2D eigenvalue weighted by Gasteiger charge is -2.46. The lowest BCUT2D eigenvalue weighted by atomic mass is 9.76. The molecule has 1 fully saturated rings. The van der Waals surface area contributed by atoms with E-state index in [-0.39, 0.29) is 23.5 Å². The van der Waals surface area contributed by atoms with Gasteiger partial charge in [-0.2, -0.15) is 0 Å². The largest absolute Gasteiger partial charge is 0.390 e. The van der Waals surface area contributed by atoms with Crippen LogP contribution in [0.2, 0.25) is 0 Å². The van der Waals surface area contributed by atoms with Crippen molar-refractivity contribution < 1.29 is 14.9 Å². The third-order valence-electron chi connectivity index (χ3n) is 3.06. The molecule has 5 atom stereocenters. The molecule has 0 radical (unpaired) electrons. The van der Waals surface area contributed by atoms with Crippen molar-refractivity contribution in [1.29, 1.82) is 0 Å². The highest BCUT2D eigenvalue weighted by Crippen LogP contribution is 2.36. The molecule has 1 aliphatic heterocycles. The molecule has 0 aromatic rings. The highest BCUT2D eigenvalue weighted by Gasteiger charge is 2.44. The number of hydrogen-bond acceptors (Lipinski definition) is 3. The molecule has 1 aliphatic rings. The maximum absolute atomic E-state index is 9.82. The van der Waals surface area contributed by atoms with Gasteiger partial charge in [-0.05, 0) is 12.3 Å². The van der Waals surface area contributed by atoms with Crippen LogP contribution in [-0.2, 0) is 4.74 Å². The van der Waals surface area contributed by atoms with Gasteiger partial charge in [-0.15, -0.1) is 0 Å². The van der Waals surface area contributed by atoms with Crippen LogP contribution in [-0.4, -0.2) is 34.6 Å². The van der Waals surface area contributed by atoms with Gasteiger partial charge in [0.2, 0.25) is 0 Å². The van der Waals surface area contributed by atoms with Crippen LogP contribution >= 0.6 is 0 Å². The third kappa shape index (κ3) is 2.10. The Balaban J connectivity index is 2.81. The topological polar surface area (TPSA) is 49.7 Å². The normalized spacial score (nSPS) is 45.2. The fraction of sp³-hybridized carbons (Fsp3) is 1.00. The monoisotopic (exact) mass is 202 g/mol. The first-order valence-electron chi connectivity index (χ1n) is 5.26. The quantitative estimate of drug-likeness (QED) is 0.620. The summed E-state index contributed by atoms with van der Waals surface area (Å²) >= 11 is 0. The summed E-state index contributed by atoms with van der Waals surface area (Å²) in [6, 6.07) is 0. The van der Waals surface area contributed by atoms with Crippen LogP contribution in [0, 0.1) is 11.3 Å². The summed E-state index contributed by atoms with van der Waals surface area (Å²) < 4.78 is 5.74. The SMILES string of the molecule is CC1O[C@@H](C(C)(C)C)[C@@H](C)C(O)[C@@H]1O. The Kier molecular flexibility index (Phi) is 3.24. The fourth-order valence-electron chi connectivity index (χ4n) is 2.20. The number of rotatable bonds is 0. The molecule has 3 heteroatoms. The van der Waals surface area contributed by atoms with E-state index < -0.39 is 12.2 Å². The van der Waals surface area contributed by atoms with Gasteiger partial charge in [-0.25, -0.2) is 0 Å². The van der Waals surface area contributed by atoms with E-state index in [4.69, 9.17) is 4.74 Å². The van der Waals surface area contributed by atoms with Gasteiger partial charge in [0, 0.05) is 5.92 Å². The smallest absolute Gasteiger partial charge is 0.106 e. The van der Waals surface area contributed by atoms with Crippen molar-refractivity contribution in [2.24, 2.45) is 11.3 Å². The molecule has 0 bridgehead atoms. The van der Waals surface area contributed by atoms with Gasteiger partial charge in [-0.1, -0.05) is 27.7 Å². The van der Waals surface area contributed by atoms with Crippen LogP contribution in [0.25, 0.3) is 0 Å². The van der Waals surface area contributed by atoms with Gasteiger partial charge in [0.05, 0.1) is 18.3 Å². The first-order valence-corrected chi connectivity index (χ1v) is 5.26. The van der Waals surface area contributed by atoms with Crippen LogP contribution in [0.3, 0.4) is 0 Å². The van der Waals surface area contributed by atoms with E-state index in [9.17, 15) is 10.2 Å². The zero-order valence-corrected chi connectivity index (χ0v) is 9.69. The number of aliphatic hydroxyl groups is 2. The van der Waals surface area contributed by atoms with E-state index >= 15 is 0 Å². The molecular formula is C11H22O3. The molecule has 0 aliphatic carbocycles. The molecule has 1 saturated heterocycles. The summed E-state index contributed by atoms with van der Waals surface area (Å²) in [5.41, 5.74) is -0.00516. The summed E-state index contributed by atoms with van der Waals surface area (Å²) in [5.74, 6) is -0.0267. The van der Waals surface area contributed by atoms with Crippen molar-refractivity contribution in [3.63, 3.8) is 0 Å². The molecule has 0 aromatic carbocycles. The van der Waals surface area contributed by atoms with Gasteiger partial charge >= 0.3 is 0 Å². The minimum atomic E-state index is -0.761. The van der Waals surface area contributed by atoms with Crippen molar-refractivity contribution in [1.82, 2.24) is 0 Å². The minimum absolute atomic E-state index is 0.00380. The first kappa shape index (κ1) is 12.0. The molecule has 1 rings (SSSR count). The van der Waals surface area contributed by atoms with E-state index in [0.717, 1.165) is 0 Å². The molecule has 0 saturated carbocycles. The van der Waals surface area contributed by atoms with Crippen molar-refractivity contribution >= 4 is 0 Å². The molecule has 0 amide bonds. The number of aliphatic hydroxyl groups excluding tert-OH is 2. The molecular weight excluding hydrogens is 180 g/mol. The van der Waals surface area contributed by atoms with Crippen LogP contribution in [0.1, 0.15) is 34.6 Å².